The number of rotatable bonds is 8. The maximum Gasteiger partial charge on any atom is 0.341 e. The maximum atomic E-state index is 12.7. The number of amides is 2. The van der Waals surface area contributed by atoms with E-state index < -0.39 is 5.97 Å². The van der Waals surface area contributed by atoms with Gasteiger partial charge in [0.1, 0.15) is 10.6 Å². The summed E-state index contributed by atoms with van der Waals surface area (Å²) in [7, 11) is 1.33. The number of carbonyl (C=O) groups is 3. The fraction of sp³-hybridized carbons (Fsp3) is 0.296. The van der Waals surface area contributed by atoms with Gasteiger partial charge in [-0.15, -0.1) is 23.1 Å². The van der Waals surface area contributed by atoms with Crippen LogP contribution in [-0.4, -0.2) is 30.6 Å². The molecule has 6 nitrogen and oxygen atoms in total. The van der Waals surface area contributed by atoms with E-state index in [1.165, 1.54) is 30.2 Å². The molecule has 0 bridgehead atoms. The summed E-state index contributed by atoms with van der Waals surface area (Å²) in [6, 6.07) is 15.2. The summed E-state index contributed by atoms with van der Waals surface area (Å²) in [5.41, 5.74) is 3.67. The molecule has 184 valence electrons. The number of hydrogen-bond donors (Lipinski definition) is 2. The zero-order valence-corrected chi connectivity index (χ0v) is 22.2. The molecule has 0 aliphatic heterocycles. The number of anilines is 2. The highest BCUT2D eigenvalue weighted by Crippen LogP contribution is 2.36. The molecular formula is C27H30N2O4S2. The van der Waals surface area contributed by atoms with E-state index in [0.717, 1.165) is 21.6 Å². The van der Waals surface area contributed by atoms with E-state index in [1.807, 2.05) is 81.6 Å². The third kappa shape index (κ3) is 7.70. The van der Waals surface area contributed by atoms with E-state index in [1.54, 1.807) is 0 Å². The van der Waals surface area contributed by atoms with E-state index in [4.69, 9.17) is 4.74 Å². The lowest BCUT2D eigenvalue weighted by molar-refractivity contribution is -0.118. The van der Waals surface area contributed by atoms with Crippen LogP contribution in [0.25, 0.3) is 11.1 Å². The van der Waals surface area contributed by atoms with Crippen LogP contribution in [0.3, 0.4) is 0 Å². The average Bonchev–Trinajstić information content (AvgIpc) is 3.20. The zero-order chi connectivity index (χ0) is 25.6. The van der Waals surface area contributed by atoms with E-state index in [0.29, 0.717) is 22.7 Å². The number of thiophene rings is 1. The Labute approximate surface area is 214 Å². The summed E-state index contributed by atoms with van der Waals surface area (Å²) in [5.74, 6) is -0.629. The minimum Gasteiger partial charge on any atom is -0.465 e. The lowest BCUT2D eigenvalue weighted by Gasteiger charge is -2.17. The van der Waals surface area contributed by atoms with Crippen LogP contribution in [0.2, 0.25) is 0 Å². The molecule has 0 aliphatic carbocycles. The Kier molecular flexibility index (Phi) is 8.75. The minimum atomic E-state index is -0.497. The molecule has 1 aromatic heterocycles. The second-order valence-electron chi connectivity index (χ2n) is 9.36. The lowest BCUT2D eigenvalue weighted by Crippen LogP contribution is -2.19. The summed E-state index contributed by atoms with van der Waals surface area (Å²) < 4.78 is 4.98. The van der Waals surface area contributed by atoms with Crippen LogP contribution in [-0.2, 0) is 14.3 Å². The van der Waals surface area contributed by atoms with Crippen LogP contribution in [0.1, 0.15) is 43.1 Å². The van der Waals surface area contributed by atoms with Crippen molar-refractivity contribution in [1.29, 1.82) is 0 Å². The fourth-order valence-electron chi connectivity index (χ4n) is 3.36. The molecule has 2 N–H and O–H groups in total. The third-order valence-electron chi connectivity index (χ3n) is 4.97. The lowest BCUT2D eigenvalue weighted by atomic mass is 9.92. The summed E-state index contributed by atoms with van der Waals surface area (Å²) in [4.78, 5) is 38.3. The van der Waals surface area contributed by atoms with Gasteiger partial charge in [-0.3, -0.25) is 9.59 Å². The van der Waals surface area contributed by atoms with E-state index in [9.17, 15) is 14.4 Å². The van der Waals surface area contributed by atoms with Crippen LogP contribution in [0.5, 0.6) is 0 Å². The summed E-state index contributed by atoms with van der Waals surface area (Å²) in [5, 5.41) is 8.08. The molecule has 0 saturated heterocycles. The molecule has 0 aliphatic rings. The topological polar surface area (TPSA) is 84.5 Å². The number of carbonyl (C=O) groups excluding carboxylic acids is 3. The highest BCUT2D eigenvalue weighted by atomic mass is 32.2. The van der Waals surface area contributed by atoms with Gasteiger partial charge in [-0.05, 0) is 36.1 Å². The Bertz CT molecular complexity index is 1210. The highest BCUT2D eigenvalue weighted by molar-refractivity contribution is 8.00. The smallest absolute Gasteiger partial charge is 0.341 e. The third-order valence-corrected chi connectivity index (χ3v) is 6.86. The van der Waals surface area contributed by atoms with E-state index in [2.05, 4.69) is 10.6 Å². The van der Waals surface area contributed by atoms with E-state index >= 15 is 0 Å². The van der Waals surface area contributed by atoms with Crippen molar-refractivity contribution in [2.45, 2.75) is 39.0 Å². The molecule has 0 unspecified atom stereocenters. The Morgan fingerprint density at radius 1 is 1.00 bits per heavy atom. The monoisotopic (exact) mass is 510 g/mol. The predicted molar refractivity (Wildman–Crippen MR) is 144 cm³/mol. The first-order valence-corrected chi connectivity index (χ1v) is 13.0. The number of methoxy groups -OCH3 is 1. The molecule has 2 amide bonds. The zero-order valence-electron chi connectivity index (χ0n) is 20.6. The molecule has 3 aromatic rings. The number of benzene rings is 2. The number of ether oxygens (including phenoxy) is 1. The minimum absolute atomic E-state index is 0.0465. The molecule has 0 saturated carbocycles. The van der Waals surface area contributed by atoms with Crippen molar-refractivity contribution in [3.8, 4) is 11.1 Å². The van der Waals surface area contributed by atoms with Gasteiger partial charge < -0.3 is 15.4 Å². The van der Waals surface area contributed by atoms with Crippen molar-refractivity contribution in [1.82, 2.24) is 0 Å². The molecule has 35 heavy (non-hydrogen) atoms. The molecule has 2 aromatic carbocycles. The van der Waals surface area contributed by atoms with Gasteiger partial charge in [0.25, 0.3) is 0 Å². The van der Waals surface area contributed by atoms with Crippen LogP contribution in [0.4, 0.5) is 10.7 Å². The summed E-state index contributed by atoms with van der Waals surface area (Å²) >= 11 is 2.65. The van der Waals surface area contributed by atoms with Crippen molar-refractivity contribution < 1.29 is 19.1 Å². The normalized spacial score (nSPS) is 11.1. The van der Waals surface area contributed by atoms with Crippen LogP contribution >= 0.6 is 23.1 Å². The molecular weight excluding hydrogens is 480 g/mol. The average molecular weight is 511 g/mol. The number of esters is 1. The van der Waals surface area contributed by atoms with Gasteiger partial charge in [0.2, 0.25) is 11.8 Å². The predicted octanol–water partition coefficient (Wildman–Crippen LogP) is 6.62. The Balaban J connectivity index is 1.67. The van der Waals surface area contributed by atoms with Gasteiger partial charge >= 0.3 is 5.97 Å². The second-order valence-corrected chi connectivity index (χ2v) is 11.3. The highest BCUT2D eigenvalue weighted by Gasteiger charge is 2.22. The maximum absolute atomic E-state index is 12.7. The summed E-state index contributed by atoms with van der Waals surface area (Å²) in [6.07, 6.45) is 0.417. The molecule has 1 heterocycles. The molecule has 0 spiro atoms. The van der Waals surface area contributed by atoms with Crippen molar-refractivity contribution >= 4 is 51.6 Å². The standard InChI is InChI=1S/C27H30N2O4S2/c1-17-9-11-18(12-10-17)21-15-35-25(24(21)26(32)33-5)29-23(31)16-34-20-8-6-7-19(13-20)28-22(30)14-27(2,3)4/h6-13,15H,14,16H2,1-5H3,(H,28,30)(H,29,31). The van der Waals surface area contributed by atoms with Crippen molar-refractivity contribution in [3.63, 3.8) is 0 Å². The first kappa shape index (κ1) is 26.5. The van der Waals surface area contributed by atoms with Crippen LogP contribution in [0, 0.1) is 12.3 Å². The number of aryl methyl sites for hydroxylation is 1. The Hall–Kier alpha value is -3.10. The van der Waals surface area contributed by atoms with Crippen LogP contribution < -0.4 is 10.6 Å². The van der Waals surface area contributed by atoms with Crippen molar-refractivity contribution in [2.24, 2.45) is 5.41 Å². The van der Waals surface area contributed by atoms with Crippen molar-refractivity contribution in [3.05, 3.63) is 65.0 Å². The molecule has 3 rings (SSSR count). The fourth-order valence-corrected chi connectivity index (χ4v) is 5.09. The van der Waals surface area contributed by atoms with Gasteiger partial charge in [-0.25, -0.2) is 4.79 Å². The van der Waals surface area contributed by atoms with Gasteiger partial charge in [-0.2, -0.15) is 0 Å². The van der Waals surface area contributed by atoms with Crippen LogP contribution in [0.15, 0.2) is 58.8 Å². The summed E-state index contributed by atoms with van der Waals surface area (Å²) in [6.45, 7) is 8.04. The Morgan fingerprint density at radius 2 is 1.71 bits per heavy atom. The Morgan fingerprint density at radius 3 is 2.37 bits per heavy atom. The van der Waals surface area contributed by atoms with Gasteiger partial charge in [0.05, 0.1) is 12.9 Å². The van der Waals surface area contributed by atoms with Gasteiger partial charge in [0, 0.05) is 27.9 Å². The second kappa shape index (κ2) is 11.6. The number of nitrogens with one attached hydrogen (secondary N) is 2. The molecule has 0 fully saturated rings. The van der Waals surface area contributed by atoms with Crippen molar-refractivity contribution in [2.75, 3.05) is 23.5 Å². The number of thioether (sulfide) groups is 1. The quantitative estimate of drug-likeness (QED) is 0.263. The largest absolute Gasteiger partial charge is 0.465 e. The first-order valence-electron chi connectivity index (χ1n) is 11.1. The van der Waals surface area contributed by atoms with Gasteiger partial charge in [0.15, 0.2) is 0 Å². The molecule has 0 radical (unpaired) electrons. The van der Waals surface area contributed by atoms with Gasteiger partial charge in [-0.1, -0.05) is 56.7 Å². The van der Waals surface area contributed by atoms with E-state index in [-0.39, 0.29) is 23.0 Å². The SMILES string of the molecule is COC(=O)c1c(-c2ccc(C)cc2)csc1NC(=O)CSc1cccc(NC(=O)CC(C)(C)C)c1. The molecule has 8 heteroatoms. The number of hydrogen-bond acceptors (Lipinski definition) is 6. The first-order chi connectivity index (χ1) is 16.6. The molecule has 0 atom stereocenters.